The highest BCUT2D eigenvalue weighted by Crippen LogP contribution is 2.07. The standard InChI is InChI=1S/C11H15ClN4O2/c1-8(15-11(13-2)7-16(17)18)5-9-3-4-10(12)14-6-9/h3-4,6-8,13,15H,5H2,1-2H3. The van der Waals surface area contributed by atoms with Crippen LogP contribution in [0.2, 0.25) is 5.15 Å². The van der Waals surface area contributed by atoms with Crippen LogP contribution in [-0.2, 0) is 6.42 Å². The van der Waals surface area contributed by atoms with Gasteiger partial charge in [-0.05, 0) is 25.0 Å². The average Bonchev–Trinajstić information content (AvgIpc) is 2.30. The van der Waals surface area contributed by atoms with Crippen LogP contribution >= 0.6 is 11.6 Å². The highest BCUT2D eigenvalue weighted by atomic mass is 35.5. The molecule has 0 saturated heterocycles. The maximum atomic E-state index is 10.4. The SMILES string of the molecule is CNC(=C[N+](=O)[O-])NC(C)Cc1ccc(Cl)nc1. The second-order valence-electron chi connectivity index (χ2n) is 3.82. The maximum absolute atomic E-state index is 10.4. The molecular formula is C11H15ClN4O2. The second-order valence-corrected chi connectivity index (χ2v) is 4.20. The van der Waals surface area contributed by atoms with Gasteiger partial charge in [-0.2, -0.15) is 0 Å². The first-order valence-corrected chi connectivity index (χ1v) is 5.79. The Kier molecular flexibility index (Phi) is 5.38. The molecule has 0 amide bonds. The second kappa shape index (κ2) is 6.80. The minimum absolute atomic E-state index is 0.0339. The van der Waals surface area contributed by atoms with E-state index in [1.165, 1.54) is 0 Å². The van der Waals surface area contributed by atoms with Gasteiger partial charge in [-0.1, -0.05) is 17.7 Å². The summed E-state index contributed by atoms with van der Waals surface area (Å²) >= 11 is 5.69. The van der Waals surface area contributed by atoms with Gasteiger partial charge in [0.2, 0.25) is 0 Å². The lowest BCUT2D eigenvalue weighted by Gasteiger charge is -2.15. The van der Waals surface area contributed by atoms with E-state index in [0.29, 0.717) is 17.4 Å². The van der Waals surface area contributed by atoms with E-state index in [9.17, 15) is 10.1 Å². The van der Waals surface area contributed by atoms with Crippen LogP contribution in [0, 0.1) is 10.1 Å². The fraction of sp³-hybridized carbons (Fsp3) is 0.364. The molecule has 1 aromatic heterocycles. The third kappa shape index (κ3) is 5.01. The lowest BCUT2D eigenvalue weighted by Crippen LogP contribution is -2.33. The predicted molar refractivity (Wildman–Crippen MR) is 69.7 cm³/mol. The van der Waals surface area contributed by atoms with Crippen molar-refractivity contribution in [2.45, 2.75) is 19.4 Å². The van der Waals surface area contributed by atoms with Crippen molar-refractivity contribution in [2.75, 3.05) is 7.05 Å². The fourth-order valence-corrected chi connectivity index (χ4v) is 1.59. The van der Waals surface area contributed by atoms with Crippen molar-refractivity contribution in [3.8, 4) is 0 Å². The van der Waals surface area contributed by atoms with Gasteiger partial charge < -0.3 is 10.6 Å². The molecule has 18 heavy (non-hydrogen) atoms. The Morgan fingerprint density at radius 2 is 2.39 bits per heavy atom. The summed E-state index contributed by atoms with van der Waals surface area (Å²) in [5.74, 6) is 0.370. The van der Waals surface area contributed by atoms with E-state index in [1.807, 2.05) is 13.0 Å². The number of hydrogen-bond acceptors (Lipinski definition) is 5. The summed E-state index contributed by atoms with van der Waals surface area (Å²) < 4.78 is 0. The number of nitrogens with one attached hydrogen (secondary N) is 2. The fourth-order valence-electron chi connectivity index (χ4n) is 1.48. The highest BCUT2D eigenvalue weighted by molar-refractivity contribution is 6.29. The molecule has 0 aliphatic carbocycles. The first-order valence-electron chi connectivity index (χ1n) is 5.41. The molecule has 1 aromatic rings. The van der Waals surface area contributed by atoms with Crippen LogP contribution < -0.4 is 10.6 Å². The Hall–Kier alpha value is -1.82. The summed E-state index contributed by atoms with van der Waals surface area (Å²) in [7, 11) is 1.62. The van der Waals surface area contributed by atoms with Gasteiger partial charge in [0.05, 0.1) is 4.92 Å². The number of aromatic nitrogens is 1. The first kappa shape index (κ1) is 14.2. The van der Waals surface area contributed by atoms with Crippen molar-refractivity contribution in [3.05, 3.63) is 51.2 Å². The van der Waals surface area contributed by atoms with E-state index in [0.717, 1.165) is 11.8 Å². The lowest BCUT2D eigenvalue weighted by molar-refractivity contribution is -0.404. The molecule has 0 aliphatic rings. The number of rotatable bonds is 6. The lowest BCUT2D eigenvalue weighted by atomic mass is 10.1. The van der Waals surface area contributed by atoms with Gasteiger partial charge in [0.25, 0.3) is 6.20 Å². The smallest absolute Gasteiger partial charge is 0.274 e. The van der Waals surface area contributed by atoms with Crippen LogP contribution in [0.25, 0.3) is 0 Å². The van der Waals surface area contributed by atoms with Crippen LogP contribution in [0.4, 0.5) is 0 Å². The van der Waals surface area contributed by atoms with Crippen molar-refractivity contribution in [2.24, 2.45) is 0 Å². The summed E-state index contributed by atoms with van der Waals surface area (Å²) in [6.45, 7) is 1.93. The van der Waals surface area contributed by atoms with E-state index >= 15 is 0 Å². The third-order valence-electron chi connectivity index (χ3n) is 2.24. The van der Waals surface area contributed by atoms with Crippen LogP contribution in [0.1, 0.15) is 12.5 Å². The summed E-state index contributed by atoms with van der Waals surface area (Å²) in [6, 6.07) is 3.63. The summed E-state index contributed by atoms with van der Waals surface area (Å²) in [4.78, 5) is 13.8. The largest absolute Gasteiger partial charge is 0.370 e. The molecule has 1 heterocycles. The normalized spacial score (nSPS) is 12.9. The zero-order valence-electron chi connectivity index (χ0n) is 10.2. The van der Waals surface area contributed by atoms with Gasteiger partial charge in [-0.15, -0.1) is 0 Å². The topological polar surface area (TPSA) is 80.1 Å². The summed E-state index contributed by atoms with van der Waals surface area (Å²) in [5, 5.41) is 16.6. The Balaban J connectivity index is 2.57. The van der Waals surface area contributed by atoms with Crippen LogP contribution in [-0.4, -0.2) is 23.0 Å². The summed E-state index contributed by atoms with van der Waals surface area (Å²) in [6.07, 6.45) is 3.29. The third-order valence-corrected chi connectivity index (χ3v) is 2.46. The molecule has 98 valence electrons. The molecule has 0 fully saturated rings. The van der Waals surface area contributed by atoms with E-state index in [2.05, 4.69) is 15.6 Å². The minimum Gasteiger partial charge on any atom is -0.370 e. The van der Waals surface area contributed by atoms with Gasteiger partial charge in [0.15, 0.2) is 5.82 Å². The molecule has 1 unspecified atom stereocenters. The number of pyridine rings is 1. The van der Waals surface area contributed by atoms with Crippen molar-refractivity contribution < 1.29 is 4.92 Å². The average molecular weight is 271 g/mol. The number of halogens is 1. The van der Waals surface area contributed by atoms with Crippen LogP contribution in [0.5, 0.6) is 0 Å². The molecular weight excluding hydrogens is 256 g/mol. The molecule has 0 radical (unpaired) electrons. The molecule has 6 nitrogen and oxygen atoms in total. The monoisotopic (exact) mass is 270 g/mol. The van der Waals surface area contributed by atoms with Gasteiger partial charge >= 0.3 is 0 Å². The molecule has 1 rings (SSSR count). The van der Waals surface area contributed by atoms with Crippen molar-refractivity contribution in [3.63, 3.8) is 0 Å². The van der Waals surface area contributed by atoms with Gasteiger partial charge in [-0.3, -0.25) is 10.1 Å². The number of nitro groups is 1. The molecule has 0 aromatic carbocycles. The minimum atomic E-state index is -0.505. The highest BCUT2D eigenvalue weighted by Gasteiger charge is 2.07. The van der Waals surface area contributed by atoms with E-state index in [-0.39, 0.29) is 6.04 Å². The van der Waals surface area contributed by atoms with Crippen molar-refractivity contribution in [1.82, 2.24) is 15.6 Å². The Labute approximate surface area is 110 Å². The predicted octanol–water partition coefficient (Wildman–Crippen LogP) is 1.55. The number of hydrogen-bond donors (Lipinski definition) is 2. The summed E-state index contributed by atoms with van der Waals surface area (Å²) in [5.41, 5.74) is 1.01. The van der Waals surface area contributed by atoms with Gasteiger partial charge in [0.1, 0.15) is 5.15 Å². The molecule has 0 spiro atoms. The maximum Gasteiger partial charge on any atom is 0.274 e. The molecule has 2 N–H and O–H groups in total. The first-order chi connectivity index (χ1) is 8.51. The Morgan fingerprint density at radius 1 is 1.67 bits per heavy atom. The van der Waals surface area contributed by atoms with E-state index in [4.69, 9.17) is 11.6 Å². The van der Waals surface area contributed by atoms with Gasteiger partial charge in [0, 0.05) is 19.3 Å². The molecule has 0 bridgehead atoms. The Bertz CT molecular complexity index is 433. The zero-order valence-corrected chi connectivity index (χ0v) is 10.9. The van der Waals surface area contributed by atoms with Crippen molar-refractivity contribution >= 4 is 11.6 Å². The molecule has 7 heteroatoms. The van der Waals surface area contributed by atoms with Crippen LogP contribution in [0.15, 0.2) is 30.4 Å². The van der Waals surface area contributed by atoms with Crippen molar-refractivity contribution in [1.29, 1.82) is 0 Å². The molecule has 0 saturated carbocycles. The van der Waals surface area contributed by atoms with E-state index in [1.54, 1.807) is 19.3 Å². The number of nitrogens with zero attached hydrogens (tertiary/aromatic N) is 2. The zero-order chi connectivity index (χ0) is 13.5. The molecule has 1 atom stereocenters. The quantitative estimate of drug-likeness (QED) is 0.466. The van der Waals surface area contributed by atoms with Crippen LogP contribution in [0.3, 0.4) is 0 Å². The van der Waals surface area contributed by atoms with E-state index < -0.39 is 4.92 Å². The Morgan fingerprint density at radius 3 is 2.89 bits per heavy atom. The molecule has 0 aliphatic heterocycles. The van der Waals surface area contributed by atoms with Gasteiger partial charge in [-0.25, -0.2) is 4.98 Å².